The van der Waals surface area contributed by atoms with Crippen LogP contribution in [0.25, 0.3) is 0 Å². The van der Waals surface area contributed by atoms with E-state index in [1.165, 1.54) is 9.80 Å². The fourth-order valence-corrected chi connectivity index (χ4v) is 8.61. The van der Waals surface area contributed by atoms with Gasteiger partial charge in [0.05, 0.1) is 34.5 Å². The first kappa shape index (κ1) is 29.9. The quantitative estimate of drug-likeness (QED) is 0.194. The van der Waals surface area contributed by atoms with Gasteiger partial charge in [-0.05, 0) is 61.6 Å². The van der Waals surface area contributed by atoms with Crippen LogP contribution in [0.1, 0.15) is 36.8 Å². The Morgan fingerprint density at radius 3 is 2.02 bits per heavy atom. The molecule has 3 fully saturated rings. The highest BCUT2D eigenvalue weighted by molar-refractivity contribution is 6.25. The van der Waals surface area contributed by atoms with Crippen LogP contribution in [0.4, 0.5) is 11.4 Å². The number of para-hydroxylation sites is 2. The number of hydrogen-bond acceptors (Lipinski definition) is 6. The zero-order valence-corrected chi connectivity index (χ0v) is 26.4. The van der Waals surface area contributed by atoms with E-state index in [2.05, 4.69) is 0 Å². The predicted octanol–water partition coefficient (Wildman–Crippen LogP) is 6.41. The summed E-state index contributed by atoms with van der Waals surface area (Å²) in [4.78, 5) is 59.4. The summed E-state index contributed by atoms with van der Waals surface area (Å²) in [6.45, 7) is 2.12. The first-order chi connectivity index (χ1) is 23.3. The molecule has 2 aliphatic heterocycles. The van der Waals surface area contributed by atoms with Crippen molar-refractivity contribution in [3.8, 4) is 11.5 Å². The number of hydrogen-bond donors (Lipinski definition) is 1. The number of amides is 4. The van der Waals surface area contributed by atoms with Crippen LogP contribution < -0.4 is 14.5 Å². The van der Waals surface area contributed by atoms with E-state index in [4.69, 9.17) is 4.74 Å². The van der Waals surface area contributed by atoms with Crippen molar-refractivity contribution >= 4 is 35.0 Å². The van der Waals surface area contributed by atoms with E-state index < -0.39 is 35.0 Å². The van der Waals surface area contributed by atoms with Crippen LogP contribution in [0, 0.1) is 29.1 Å². The molecule has 4 aromatic carbocycles. The van der Waals surface area contributed by atoms with E-state index >= 15 is 0 Å². The number of fused-ring (bicyclic) bond motifs is 4. The zero-order chi connectivity index (χ0) is 33.2. The number of nitrogens with zero attached hydrogens (tertiary/aromatic N) is 2. The Balaban J connectivity index is 1.22. The molecule has 0 spiro atoms. The molecule has 0 radical (unpaired) electrons. The molecular formula is C40H34N2O6. The maximum atomic E-state index is 14.6. The highest BCUT2D eigenvalue weighted by atomic mass is 16.5. The van der Waals surface area contributed by atoms with Gasteiger partial charge in [0.25, 0.3) is 0 Å². The van der Waals surface area contributed by atoms with E-state index in [1.54, 1.807) is 66.7 Å². The van der Waals surface area contributed by atoms with Crippen molar-refractivity contribution in [1.82, 2.24) is 0 Å². The summed E-state index contributed by atoms with van der Waals surface area (Å²) in [6, 6.07) is 32.6. The Kier molecular flexibility index (Phi) is 7.05. The molecular weight excluding hydrogens is 604 g/mol. The van der Waals surface area contributed by atoms with Gasteiger partial charge in [-0.2, -0.15) is 0 Å². The Bertz CT molecular complexity index is 1980. The molecule has 2 saturated heterocycles. The van der Waals surface area contributed by atoms with Crippen LogP contribution >= 0.6 is 0 Å². The third kappa shape index (κ3) is 4.43. The number of imide groups is 2. The Morgan fingerprint density at radius 1 is 0.750 bits per heavy atom. The second kappa shape index (κ2) is 11.3. The third-order valence-corrected chi connectivity index (χ3v) is 10.9. The fourth-order valence-electron chi connectivity index (χ4n) is 8.61. The number of anilines is 2. The Morgan fingerprint density at radius 2 is 1.38 bits per heavy atom. The maximum Gasteiger partial charge on any atom is 0.241 e. The molecule has 2 aliphatic carbocycles. The third-order valence-electron chi connectivity index (χ3n) is 10.9. The summed E-state index contributed by atoms with van der Waals surface area (Å²) in [5.41, 5.74) is 2.02. The van der Waals surface area contributed by atoms with Crippen molar-refractivity contribution in [2.75, 3.05) is 9.80 Å². The van der Waals surface area contributed by atoms with Gasteiger partial charge < -0.3 is 9.84 Å². The van der Waals surface area contributed by atoms with Gasteiger partial charge in [0, 0.05) is 17.5 Å². The van der Waals surface area contributed by atoms with E-state index in [0.29, 0.717) is 35.7 Å². The van der Waals surface area contributed by atoms with Crippen molar-refractivity contribution < 1.29 is 29.0 Å². The number of phenolic OH excluding ortho intramolecular Hbond substituents is 1. The molecule has 1 N–H and O–H groups in total. The fraction of sp³-hybridized carbons (Fsp3) is 0.250. The first-order valence-electron chi connectivity index (χ1n) is 16.3. The number of allylic oxidation sites excluding steroid dienone is 2. The lowest BCUT2D eigenvalue weighted by molar-refractivity contribution is -0.131. The van der Waals surface area contributed by atoms with Crippen LogP contribution in [0.3, 0.4) is 0 Å². The van der Waals surface area contributed by atoms with Crippen LogP contribution in [0.5, 0.6) is 11.5 Å². The summed E-state index contributed by atoms with van der Waals surface area (Å²) in [5.74, 6) is -4.06. The highest BCUT2D eigenvalue weighted by Gasteiger charge is 2.68. The first-order valence-corrected chi connectivity index (χ1v) is 16.3. The number of rotatable bonds is 6. The molecule has 1 saturated carbocycles. The lowest BCUT2D eigenvalue weighted by Gasteiger charge is -2.49. The largest absolute Gasteiger partial charge is 0.508 e. The summed E-state index contributed by atoms with van der Waals surface area (Å²) < 4.78 is 5.99. The Labute approximate surface area is 278 Å². The highest BCUT2D eigenvalue weighted by Crippen LogP contribution is 2.64. The van der Waals surface area contributed by atoms with Crippen LogP contribution in [-0.2, 0) is 25.8 Å². The molecule has 8 nitrogen and oxygen atoms in total. The molecule has 4 aliphatic rings. The number of phenols is 1. The van der Waals surface area contributed by atoms with Gasteiger partial charge in [0.1, 0.15) is 18.1 Å². The molecule has 6 atom stereocenters. The molecule has 0 aromatic heterocycles. The van der Waals surface area contributed by atoms with Gasteiger partial charge in [0.15, 0.2) is 0 Å². The van der Waals surface area contributed by atoms with Gasteiger partial charge >= 0.3 is 0 Å². The molecule has 2 heterocycles. The van der Waals surface area contributed by atoms with Gasteiger partial charge in [-0.3, -0.25) is 24.1 Å². The monoisotopic (exact) mass is 638 g/mol. The number of aromatic hydroxyl groups is 1. The average molecular weight is 639 g/mol. The standard InChI is InChI=1S/C40H34N2O6/c1-40-32(37(45)42(39(40)47)26-15-9-4-10-16-26)22-31-28(19-20-30-34(31)38(46)41(36(30)44)25-13-7-3-8-14-25)35(40)29-18-17-27(21-33(29)43)48-23-24-11-5-2-6-12-24/h2-19,21,30-32,34-35,43H,20,22-23H2,1H3/t30-,31+,32-,34-,35+,40+/m0/s1. The normalized spacial score (nSPS) is 27.8. The summed E-state index contributed by atoms with van der Waals surface area (Å²) in [7, 11) is 0. The average Bonchev–Trinajstić information content (AvgIpc) is 3.48. The summed E-state index contributed by atoms with van der Waals surface area (Å²) in [5, 5.41) is 11.6. The van der Waals surface area contributed by atoms with Gasteiger partial charge in [0.2, 0.25) is 23.6 Å². The number of carbonyl (C=O) groups excluding carboxylic acids is 4. The van der Waals surface area contributed by atoms with Crippen molar-refractivity contribution in [3.63, 3.8) is 0 Å². The van der Waals surface area contributed by atoms with E-state index in [0.717, 1.165) is 11.1 Å². The Hall–Kier alpha value is -5.50. The van der Waals surface area contributed by atoms with Crippen molar-refractivity contribution in [2.45, 2.75) is 32.3 Å². The van der Waals surface area contributed by atoms with Crippen LogP contribution in [-0.4, -0.2) is 28.7 Å². The van der Waals surface area contributed by atoms with Gasteiger partial charge in [-0.25, -0.2) is 4.90 Å². The van der Waals surface area contributed by atoms with Crippen molar-refractivity contribution in [3.05, 3.63) is 132 Å². The summed E-state index contributed by atoms with van der Waals surface area (Å²) >= 11 is 0. The van der Waals surface area contributed by atoms with Gasteiger partial charge in [-0.1, -0.05) is 84.4 Å². The molecule has 4 aromatic rings. The number of carbonyl (C=O) groups is 4. The number of ether oxygens (including phenoxy) is 1. The smallest absolute Gasteiger partial charge is 0.241 e. The molecule has 0 bridgehead atoms. The van der Waals surface area contributed by atoms with Gasteiger partial charge in [-0.15, -0.1) is 0 Å². The second-order valence-electron chi connectivity index (χ2n) is 13.3. The topological polar surface area (TPSA) is 104 Å². The van der Waals surface area contributed by atoms with E-state index in [9.17, 15) is 24.3 Å². The molecule has 8 rings (SSSR count). The van der Waals surface area contributed by atoms with E-state index in [-0.39, 0.29) is 35.8 Å². The van der Waals surface area contributed by atoms with Crippen molar-refractivity contribution in [1.29, 1.82) is 0 Å². The molecule has 0 unspecified atom stereocenters. The SMILES string of the molecule is C[C@@]12C(=O)N(c3ccccc3)C(=O)[C@@H]1C[C@@H]1C(=CC[C@@H]3C(=O)N(c4ccccc4)C(=O)[C@@H]31)[C@@H]2c1ccc(OCc2ccccc2)cc1O. The van der Waals surface area contributed by atoms with Crippen molar-refractivity contribution in [2.24, 2.45) is 29.1 Å². The minimum Gasteiger partial charge on any atom is -0.508 e. The maximum absolute atomic E-state index is 14.6. The minimum absolute atomic E-state index is 0.0626. The predicted molar refractivity (Wildman–Crippen MR) is 179 cm³/mol. The molecule has 8 heteroatoms. The molecule has 240 valence electrons. The van der Waals surface area contributed by atoms with Crippen LogP contribution in [0.15, 0.2) is 121 Å². The molecule has 4 amide bonds. The lowest BCUT2D eigenvalue weighted by Crippen LogP contribution is -2.48. The molecule has 48 heavy (non-hydrogen) atoms. The second-order valence-corrected chi connectivity index (χ2v) is 13.3. The summed E-state index contributed by atoms with van der Waals surface area (Å²) in [6.07, 6.45) is 2.56. The van der Waals surface area contributed by atoms with E-state index in [1.807, 2.05) is 55.5 Å². The number of benzene rings is 4. The van der Waals surface area contributed by atoms with Crippen LogP contribution in [0.2, 0.25) is 0 Å². The minimum atomic E-state index is -1.25. The lowest BCUT2D eigenvalue weighted by atomic mass is 9.51. The zero-order valence-electron chi connectivity index (χ0n) is 26.4.